The van der Waals surface area contributed by atoms with E-state index in [2.05, 4.69) is 0 Å². The van der Waals surface area contributed by atoms with E-state index in [1.165, 1.54) is 48.5 Å². The van der Waals surface area contributed by atoms with Crippen LogP contribution in [0.3, 0.4) is 0 Å². The van der Waals surface area contributed by atoms with Crippen molar-refractivity contribution in [3.8, 4) is 0 Å². The smallest absolute Gasteiger partial charge is 0.123 e. The maximum atomic E-state index is 12.8. The van der Waals surface area contributed by atoms with Crippen LogP contribution >= 0.6 is 18.7 Å². The highest BCUT2D eigenvalue weighted by atomic mass is 35.5. The Morgan fingerprint density at radius 1 is 0.778 bits per heavy atom. The molecule has 6 heteroatoms. The second-order valence-corrected chi connectivity index (χ2v) is 7.30. The molecule has 0 fully saturated rings. The van der Waals surface area contributed by atoms with Crippen LogP contribution in [0.15, 0.2) is 48.5 Å². The minimum Gasteiger partial charge on any atom is -0.358 e. The SMILES string of the molecule is Cl.OP(=S)(c1ccc(F)cc1)c1ccc(F)cc1. The van der Waals surface area contributed by atoms with Crippen molar-refractivity contribution < 1.29 is 13.7 Å². The molecule has 0 aliphatic carbocycles. The lowest BCUT2D eigenvalue weighted by Gasteiger charge is -2.15. The van der Waals surface area contributed by atoms with Gasteiger partial charge >= 0.3 is 0 Å². The first-order chi connectivity index (χ1) is 8.00. The number of halogens is 3. The Kier molecular flexibility index (Phi) is 5.00. The van der Waals surface area contributed by atoms with Gasteiger partial charge in [0.2, 0.25) is 0 Å². The van der Waals surface area contributed by atoms with Gasteiger partial charge in [0.15, 0.2) is 0 Å². The molecule has 0 atom stereocenters. The monoisotopic (exact) mass is 306 g/mol. The van der Waals surface area contributed by atoms with Gasteiger partial charge in [0.05, 0.1) is 0 Å². The highest BCUT2D eigenvalue weighted by molar-refractivity contribution is 8.19. The lowest BCUT2D eigenvalue weighted by atomic mass is 10.3. The van der Waals surface area contributed by atoms with E-state index in [9.17, 15) is 13.7 Å². The molecule has 1 nitrogen and oxygen atoms in total. The second kappa shape index (κ2) is 5.89. The molecule has 2 rings (SSSR count). The standard InChI is InChI=1S/C12H9F2OPS.ClH/c13-9-1-5-11(6-2-9)16(15,17)12-7-3-10(14)4-8-12;/h1-8H,(H,15,17);1H. The van der Waals surface area contributed by atoms with Crippen LogP contribution in [0.1, 0.15) is 0 Å². The van der Waals surface area contributed by atoms with Gasteiger partial charge in [-0.3, -0.25) is 0 Å². The summed E-state index contributed by atoms with van der Waals surface area (Å²) in [5, 5.41) is 0.973. The summed E-state index contributed by atoms with van der Waals surface area (Å²) in [6.07, 6.45) is -2.94. The van der Waals surface area contributed by atoms with Crippen molar-refractivity contribution >= 4 is 41.1 Å². The van der Waals surface area contributed by atoms with Gasteiger partial charge in [0.25, 0.3) is 0 Å². The zero-order valence-corrected chi connectivity index (χ0v) is 11.6. The Bertz CT molecular complexity index is 522. The van der Waals surface area contributed by atoms with Crippen LogP contribution < -0.4 is 10.6 Å². The highest BCUT2D eigenvalue weighted by Gasteiger charge is 2.18. The van der Waals surface area contributed by atoms with Crippen LogP contribution in [-0.4, -0.2) is 4.89 Å². The van der Waals surface area contributed by atoms with E-state index in [4.69, 9.17) is 11.8 Å². The summed E-state index contributed by atoms with van der Waals surface area (Å²) in [4.78, 5) is 10.3. The predicted molar refractivity (Wildman–Crippen MR) is 75.8 cm³/mol. The molecule has 0 heterocycles. The Morgan fingerprint density at radius 3 is 1.33 bits per heavy atom. The fourth-order valence-corrected chi connectivity index (χ4v) is 3.57. The summed E-state index contributed by atoms with van der Waals surface area (Å²) in [5.41, 5.74) is 0. The van der Waals surface area contributed by atoms with Crippen LogP contribution in [0.4, 0.5) is 8.78 Å². The van der Waals surface area contributed by atoms with Crippen molar-refractivity contribution in [3.05, 3.63) is 60.2 Å². The molecule has 0 bridgehead atoms. The van der Waals surface area contributed by atoms with E-state index in [-0.39, 0.29) is 24.0 Å². The van der Waals surface area contributed by atoms with E-state index in [1.807, 2.05) is 0 Å². The molecule has 2 aromatic rings. The zero-order chi connectivity index (χ0) is 12.5. The van der Waals surface area contributed by atoms with E-state index in [0.717, 1.165) is 0 Å². The topological polar surface area (TPSA) is 20.2 Å². The Hall–Kier alpha value is -0.800. The molecule has 18 heavy (non-hydrogen) atoms. The molecule has 2 aromatic carbocycles. The summed E-state index contributed by atoms with van der Waals surface area (Å²) in [6.45, 7) is 0. The van der Waals surface area contributed by atoms with Crippen molar-refractivity contribution in [3.63, 3.8) is 0 Å². The highest BCUT2D eigenvalue weighted by Crippen LogP contribution is 2.38. The van der Waals surface area contributed by atoms with E-state index < -0.39 is 6.26 Å². The molecule has 0 aliphatic rings. The summed E-state index contributed by atoms with van der Waals surface area (Å²) < 4.78 is 25.6. The minimum absolute atomic E-state index is 0. The van der Waals surface area contributed by atoms with Gasteiger partial charge in [0, 0.05) is 10.6 Å². The van der Waals surface area contributed by atoms with E-state index in [1.54, 1.807) is 0 Å². The van der Waals surface area contributed by atoms with Crippen LogP contribution in [0.2, 0.25) is 0 Å². The number of hydrogen-bond acceptors (Lipinski definition) is 1. The maximum Gasteiger partial charge on any atom is 0.123 e. The molecule has 0 unspecified atom stereocenters. The fourth-order valence-electron chi connectivity index (χ4n) is 1.44. The summed E-state index contributed by atoms with van der Waals surface area (Å²) in [7, 11) is 0. The maximum absolute atomic E-state index is 12.8. The van der Waals surface area contributed by atoms with E-state index >= 15 is 0 Å². The zero-order valence-electron chi connectivity index (χ0n) is 9.09. The number of hydrogen-bond donors (Lipinski definition) is 1. The Balaban J connectivity index is 0.00000162. The molecule has 0 amide bonds. The molecular formula is C12H10ClF2OPS. The molecule has 0 aliphatic heterocycles. The number of rotatable bonds is 2. The average Bonchev–Trinajstić information content (AvgIpc) is 2.30. The molecule has 0 aromatic heterocycles. The van der Waals surface area contributed by atoms with Crippen LogP contribution in [0.5, 0.6) is 0 Å². The third kappa shape index (κ3) is 3.15. The first-order valence-electron chi connectivity index (χ1n) is 4.85. The van der Waals surface area contributed by atoms with Gasteiger partial charge < -0.3 is 4.89 Å². The molecule has 1 N–H and O–H groups in total. The molecule has 96 valence electrons. The molecule has 0 saturated carbocycles. The van der Waals surface area contributed by atoms with Gasteiger partial charge in [0.1, 0.15) is 17.9 Å². The van der Waals surface area contributed by atoms with Crippen molar-refractivity contribution in [2.45, 2.75) is 0 Å². The summed E-state index contributed by atoms with van der Waals surface area (Å²) in [6, 6.07) is 10.8. The van der Waals surface area contributed by atoms with Gasteiger partial charge in [-0.15, -0.1) is 12.4 Å². The molecular weight excluding hydrogens is 297 g/mol. The minimum atomic E-state index is -2.94. The quantitative estimate of drug-likeness (QED) is 0.861. The van der Waals surface area contributed by atoms with Crippen molar-refractivity contribution in [2.24, 2.45) is 0 Å². The largest absolute Gasteiger partial charge is 0.358 e. The van der Waals surface area contributed by atoms with Crippen molar-refractivity contribution in [2.75, 3.05) is 0 Å². The second-order valence-electron chi connectivity index (χ2n) is 3.53. The van der Waals surface area contributed by atoms with Gasteiger partial charge in [-0.2, -0.15) is 0 Å². The third-order valence-corrected chi connectivity index (χ3v) is 5.61. The predicted octanol–water partition coefficient (Wildman–Crippen LogP) is 2.72. The average molecular weight is 307 g/mol. The fraction of sp³-hybridized carbons (Fsp3) is 0. The Morgan fingerprint density at radius 2 is 1.06 bits per heavy atom. The molecule has 0 spiro atoms. The van der Waals surface area contributed by atoms with Gasteiger partial charge in [-0.05, 0) is 48.5 Å². The molecule has 0 radical (unpaired) electrons. The summed E-state index contributed by atoms with van der Waals surface area (Å²) in [5.74, 6) is -0.772. The van der Waals surface area contributed by atoms with Crippen molar-refractivity contribution in [1.29, 1.82) is 0 Å². The first kappa shape index (κ1) is 15.3. The van der Waals surface area contributed by atoms with Gasteiger partial charge in [-0.25, -0.2) is 8.78 Å². The lowest BCUT2D eigenvalue weighted by Crippen LogP contribution is -2.15. The normalized spacial score (nSPS) is 10.8. The number of benzene rings is 2. The van der Waals surface area contributed by atoms with Crippen molar-refractivity contribution in [1.82, 2.24) is 0 Å². The van der Waals surface area contributed by atoms with E-state index in [0.29, 0.717) is 10.6 Å². The van der Waals surface area contributed by atoms with Crippen LogP contribution in [0, 0.1) is 11.6 Å². The van der Waals surface area contributed by atoms with Crippen LogP contribution in [-0.2, 0) is 11.8 Å². The third-order valence-electron chi connectivity index (χ3n) is 2.35. The lowest BCUT2D eigenvalue weighted by molar-refractivity contribution is 0.627. The summed E-state index contributed by atoms with van der Waals surface area (Å²) >= 11 is 5.18. The Labute approximate surface area is 115 Å². The first-order valence-corrected chi connectivity index (χ1v) is 7.61. The van der Waals surface area contributed by atoms with Gasteiger partial charge in [-0.1, -0.05) is 11.8 Å². The van der Waals surface area contributed by atoms with Crippen LogP contribution in [0.25, 0.3) is 0 Å². The molecule has 0 saturated heterocycles.